The molecule has 0 aliphatic heterocycles. The number of rotatable bonds is 5. The summed E-state index contributed by atoms with van der Waals surface area (Å²) in [5, 5.41) is 13.4. The van der Waals surface area contributed by atoms with Gasteiger partial charge in [0.25, 0.3) is 0 Å². The Labute approximate surface area is 132 Å². The minimum absolute atomic E-state index is 0.0588. The van der Waals surface area contributed by atoms with Gasteiger partial charge in [-0.3, -0.25) is 4.79 Å². The minimum atomic E-state index is -4.69. The van der Waals surface area contributed by atoms with Crippen molar-refractivity contribution in [2.45, 2.75) is 17.9 Å². The molecule has 1 amide bonds. The van der Waals surface area contributed by atoms with Gasteiger partial charge in [-0.25, -0.2) is 9.07 Å². The van der Waals surface area contributed by atoms with Crippen LogP contribution in [-0.4, -0.2) is 31.9 Å². The van der Waals surface area contributed by atoms with E-state index in [4.69, 9.17) is 0 Å². The number of halogens is 4. The Morgan fingerprint density at radius 1 is 1.39 bits per heavy atom. The summed E-state index contributed by atoms with van der Waals surface area (Å²) in [6, 6.07) is 2.32. The number of hydrogen-bond acceptors (Lipinski definition) is 5. The number of thioether (sulfide) groups is 1. The first-order valence-electron chi connectivity index (χ1n) is 6.25. The van der Waals surface area contributed by atoms with Crippen LogP contribution in [0.15, 0.2) is 23.4 Å². The zero-order valence-electron chi connectivity index (χ0n) is 11.8. The molecule has 1 heterocycles. The Kier molecular flexibility index (Phi) is 5.19. The standard InChI is InChI=1S/C12H11F4N5OS/c1-21-11(18-19-20-21)23-6-10(22)17-5-7-2-3-8(13)4-9(7)12(14,15)16/h2-4H,5-6H2,1H3,(H,17,22). The van der Waals surface area contributed by atoms with Gasteiger partial charge in [0.15, 0.2) is 0 Å². The van der Waals surface area contributed by atoms with Gasteiger partial charge in [-0.05, 0) is 28.1 Å². The van der Waals surface area contributed by atoms with Gasteiger partial charge in [0.05, 0.1) is 11.3 Å². The monoisotopic (exact) mass is 349 g/mol. The summed E-state index contributed by atoms with van der Waals surface area (Å²) in [5.41, 5.74) is -1.32. The van der Waals surface area contributed by atoms with Crippen LogP contribution in [-0.2, 0) is 24.6 Å². The predicted molar refractivity (Wildman–Crippen MR) is 72.8 cm³/mol. The molecule has 0 spiro atoms. The number of alkyl halides is 3. The lowest BCUT2D eigenvalue weighted by Crippen LogP contribution is -2.26. The Balaban J connectivity index is 1.95. The van der Waals surface area contributed by atoms with Crippen LogP contribution in [0.25, 0.3) is 0 Å². The van der Waals surface area contributed by atoms with Gasteiger partial charge in [0, 0.05) is 13.6 Å². The van der Waals surface area contributed by atoms with E-state index >= 15 is 0 Å². The number of aromatic nitrogens is 4. The number of nitrogens with zero attached hydrogens (tertiary/aromatic N) is 4. The molecule has 0 atom stereocenters. The summed E-state index contributed by atoms with van der Waals surface area (Å²) in [4.78, 5) is 11.7. The molecule has 11 heteroatoms. The fourth-order valence-corrected chi connectivity index (χ4v) is 2.37. The van der Waals surface area contributed by atoms with Gasteiger partial charge in [-0.1, -0.05) is 17.8 Å². The third kappa shape index (κ3) is 4.65. The molecule has 2 rings (SSSR count). The molecule has 23 heavy (non-hydrogen) atoms. The molecule has 0 saturated carbocycles. The topological polar surface area (TPSA) is 72.7 Å². The van der Waals surface area contributed by atoms with E-state index in [9.17, 15) is 22.4 Å². The molecule has 1 N–H and O–H groups in total. The zero-order valence-corrected chi connectivity index (χ0v) is 12.6. The largest absolute Gasteiger partial charge is 0.416 e. The third-order valence-corrected chi connectivity index (χ3v) is 3.78. The van der Waals surface area contributed by atoms with Crippen LogP contribution in [0.2, 0.25) is 0 Å². The molecule has 0 aliphatic rings. The number of aryl methyl sites for hydroxylation is 1. The van der Waals surface area contributed by atoms with E-state index in [1.807, 2.05) is 0 Å². The Morgan fingerprint density at radius 3 is 2.74 bits per heavy atom. The molecule has 0 unspecified atom stereocenters. The molecule has 2 aromatic rings. The Bertz CT molecular complexity index is 703. The average Bonchev–Trinajstić information content (AvgIpc) is 2.88. The van der Waals surface area contributed by atoms with Crippen LogP contribution in [0.3, 0.4) is 0 Å². The van der Waals surface area contributed by atoms with Crippen molar-refractivity contribution in [3.63, 3.8) is 0 Å². The quantitative estimate of drug-likeness (QED) is 0.658. The van der Waals surface area contributed by atoms with E-state index < -0.39 is 23.5 Å². The van der Waals surface area contributed by atoms with Crippen molar-refractivity contribution in [3.8, 4) is 0 Å². The highest BCUT2D eigenvalue weighted by Crippen LogP contribution is 2.32. The highest BCUT2D eigenvalue weighted by atomic mass is 32.2. The van der Waals surface area contributed by atoms with Crippen LogP contribution in [0.5, 0.6) is 0 Å². The molecular formula is C12H11F4N5OS. The zero-order chi connectivity index (χ0) is 17.0. The first-order chi connectivity index (χ1) is 10.8. The van der Waals surface area contributed by atoms with E-state index in [2.05, 4.69) is 20.8 Å². The minimum Gasteiger partial charge on any atom is -0.351 e. The molecule has 1 aromatic heterocycles. The van der Waals surface area contributed by atoms with Gasteiger partial charge in [-0.2, -0.15) is 13.2 Å². The van der Waals surface area contributed by atoms with E-state index in [1.54, 1.807) is 7.05 Å². The number of amides is 1. The number of tetrazole rings is 1. The molecule has 0 aliphatic carbocycles. The average molecular weight is 349 g/mol. The van der Waals surface area contributed by atoms with Gasteiger partial charge in [-0.15, -0.1) is 5.10 Å². The summed E-state index contributed by atoms with van der Waals surface area (Å²) < 4.78 is 52.8. The van der Waals surface area contributed by atoms with Crippen LogP contribution in [0, 0.1) is 5.82 Å². The molecule has 124 valence electrons. The molecule has 1 aromatic carbocycles. The van der Waals surface area contributed by atoms with Crippen molar-refractivity contribution >= 4 is 17.7 Å². The van der Waals surface area contributed by atoms with E-state index in [1.165, 1.54) is 4.68 Å². The summed E-state index contributed by atoms with van der Waals surface area (Å²) in [6.45, 7) is -0.356. The molecular weight excluding hydrogens is 338 g/mol. The van der Waals surface area contributed by atoms with Gasteiger partial charge in [0.1, 0.15) is 5.82 Å². The lowest BCUT2D eigenvalue weighted by atomic mass is 10.1. The first-order valence-corrected chi connectivity index (χ1v) is 7.23. The van der Waals surface area contributed by atoms with Crippen molar-refractivity contribution in [3.05, 3.63) is 35.1 Å². The summed E-state index contributed by atoms with van der Waals surface area (Å²) >= 11 is 1.04. The smallest absolute Gasteiger partial charge is 0.351 e. The van der Waals surface area contributed by atoms with Crippen molar-refractivity contribution < 1.29 is 22.4 Å². The van der Waals surface area contributed by atoms with Gasteiger partial charge in [0.2, 0.25) is 11.1 Å². The molecule has 0 fully saturated rings. The molecule has 6 nitrogen and oxygen atoms in total. The van der Waals surface area contributed by atoms with Crippen LogP contribution in [0.1, 0.15) is 11.1 Å². The van der Waals surface area contributed by atoms with E-state index in [0.717, 1.165) is 23.9 Å². The second-order valence-corrected chi connectivity index (χ2v) is 5.39. The number of benzene rings is 1. The van der Waals surface area contributed by atoms with Crippen LogP contribution in [0.4, 0.5) is 17.6 Å². The van der Waals surface area contributed by atoms with Crippen molar-refractivity contribution in [2.75, 3.05) is 5.75 Å². The number of carbonyl (C=O) groups is 1. The number of hydrogen-bond donors (Lipinski definition) is 1. The first kappa shape index (κ1) is 17.2. The van der Waals surface area contributed by atoms with E-state index in [-0.39, 0.29) is 17.9 Å². The van der Waals surface area contributed by atoms with Gasteiger partial charge < -0.3 is 5.32 Å². The summed E-state index contributed by atoms with van der Waals surface area (Å²) in [6.07, 6.45) is -4.69. The maximum absolute atomic E-state index is 13.0. The van der Waals surface area contributed by atoms with Gasteiger partial charge >= 0.3 is 6.18 Å². The third-order valence-electron chi connectivity index (χ3n) is 2.77. The SMILES string of the molecule is Cn1nnnc1SCC(=O)NCc1ccc(F)cc1C(F)(F)F. The van der Waals surface area contributed by atoms with Crippen molar-refractivity contribution in [1.29, 1.82) is 0 Å². The Hall–Kier alpha value is -2.17. The maximum Gasteiger partial charge on any atom is 0.416 e. The highest BCUT2D eigenvalue weighted by Gasteiger charge is 2.33. The predicted octanol–water partition coefficient (Wildman–Crippen LogP) is 1.78. The highest BCUT2D eigenvalue weighted by molar-refractivity contribution is 7.99. The number of carbonyl (C=O) groups excluding carboxylic acids is 1. The van der Waals surface area contributed by atoms with Crippen molar-refractivity contribution in [2.24, 2.45) is 7.05 Å². The fourth-order valence-electron chi connectivity index (χ4n) is 1.69. The van der Waals surface area contributed by atoms with Crippen LogP contribution >= 0.6 is 11.8 Å². The van der Waals surface area contributed by atoms with Crippen molar-refractivity contribution in [1.82, 2.24) is 25.5 Å². The number of nitrogens with one attached hydrogen (secondary N) is 1. The fraction of sp³-hybridized carbons (Fsp3) is 0.333. The second kappa shape index (κ2) is 6.94. The lowest BCUT2D eigenvalue weighted by Gasteiger charge is -2.13. The summed E-state index contributed by atoms with van der Waals surface area (Å²) in [5.74, 6) is -1.54. The molecule has 0 bridgehead atoms. The summed E-state index contributed by atoms with van der Waals surface area (Å²) in [7, 11) is 1.59. The normalized spacial score (nSPS) is 11.5. The van der Waals surface area contributed by atoms with Crippen LogP contribution < -0.4 is 5.32 Å². The molecule has 0 radical (unpaired) electrons. The van der Waals surface area contributed by atoms with E-state index in [0.29, 0.717) is 11.2 Å². The lowest BCUT2D eigenvalue weighted by molar-refractivity contribution is -0.138. The second-order valence-electron chi connectivity index (χ2n) is 4.45. The molecule has 0 saturated heterocycles. The Morgan fingerprint density at radius 2 is 2.13 bits per heavy atom. The maximum atomic E-state index is 13.0.